The number of benzene rings is 1. The Hall–Kier alpha value is -2.25. The van der Waals surface area contributed by atoms with Gasteiger partial charge >= 0.3 is 12.2 Å². The molecule has 0 radical (unpaired) electrons. The first-order valence-electron chi connectivity index (χ1n) is 7.27. The van der Waals surface area contributed by atoms with Crippen molar-refractivity contribution in [3.05, 3.63) is 29.8 Å². The van der Waals surface area contributed by atoms with Crippen LogP contribution in [0.25, 0.3) is 0 Å². The molecule has 1 aromatic carbocycles. The predicted molar refractivity (Wildman–Crippen MR) is 78.6 cm³/mol. The number of carbonyl (C=O) groups is 2. The number of amides is 3. The number of halogens is 3. The first-order chi connectivity index (χ1) is 10.8. The number of carbonyl (C=O) groups excluding carboxylic acids is 2. The summed E-state index contributed by atoms with van der Waals surface area (Å²) in [4.78, 5) is 24.5. The number of hydrogen-bond donors (Lipinski definition) is 2. The van der Waals surface area contributed by atoms with Crippen molar-refractivity contribution >= 4 is 17.6 Å². The van der Waals surface area contributed by atoms with Crippen molar-refractivity contribution < 1.29 is 22.8 Å². The van der Waals surface area contributed by atoms with E-state index in [1.165, 1.54) is 12.1 Å². The van der Waals surface area contributed by atoms with Crippen LogP contribution >= 0.6 is 0 Å². The van der Waals surface area contributed by atoms with Gasteiger partial charge in [-0.2, -0.15) is 13.2 Å². The summed E-state index contributed by atoms with van der Waals surface area (Å²) in [5.74, 6) is -0.166. The maximum Gasteiger partial charge on any atom is 0.416 e. The summed E-state index contributed by atoms with van der Waals surface area (Å²) in [5.41, 5.74) is 4.70. The molecule has 3 amide bonds. The van der Waals surface area contributed by atoms with Crippen LogP contribution in [0.4, 0.5) is 23.7 Å². The molecule has 5 nitrogen and oxygen atoms in total. The van der Waals surface area contributed by atoms with Gasteiger partial charge in [-0.05, 0) is 43.0 Å². The van der Waals surface area contributed by atoms with Gasteiger partial charge in [-0.15, -0.1) is 0 Å². The number of rotatable bonds is 3. The highest BCUT2D eigenvalue weighted by Gasteiger charge is 2.30. The lowest BCUT2D eigenvalue weighted by Crippen LogP contribution is -2.41. The number of alkyl halides is 3. The van der Waals surface area contributed by atoms with Crippen LogP contribution in [-0.4, -0.2) is 29.9 Å². The highest BCUT2D eigenvalue weighted by molar-refractivity contribution is 5.89. The molecule has 3 N–H and O–H groups in total. The van der Waals surface area contributed by atoms with Crippen LogP contribution in [0.2, 0.25) is 0 Å². The summed E-state index contributed by atoms with van der Waals surface area (Å²) in [5, 5.41) is 2.57. The highest BCUT2D eigenvalue weighted by Crippen LogP contribution is 2.30. The monoisotopic (exact) mass is 329 g/mol. The van der Waals surface area contributed by atoms with Crippen molar-refractivity contribution in [1.29, 1.82) is 0 Å². The fourth-order valence-corrected chi connectivity index (χ4v) is 2.57. The van der Waals surface area contributed by atoms with Crippen LogP contribution in [0.5, 0.6) is 0 Å². The Morgan fingerprint density at radius 1 is 1.17 bits per heavy atom. The number of hydrogen-bond acceptors (Lipinski definition) is 2. The summed E-state index contributed by atoms with van der Waals surface area (Å²) in [6, 6.07) is 3.94. The molecule has 8 heteroatoms. The van der Waals surface area contributed by atoms with Crippen molar-refractivity contribution in [1.82, 2.24) is 4.90 Å². The summed E-state index contributed by atoms with van der Waals surface area (Å²) < 4.78 is 37.4. The SMILES string of the molecule is NC(=O)CC1CCN(C(=O)Nc2ccc(C(F)(F)F)cc2)CC1. The van der Waals surface area contributed by atoms with Crippen LogP contribution in [0.1, 0.15) is 24.8 Å². The highest BCUT2D eigenvalue weighted by atomic mass is 19.4. The molecule has 23 heavy (non-hydrogen) atoms. The van der Waals surface area contributed by atoms with Gasteiger partial charge in [0, 0.05) is 25.2 Å². The minimum atomic E-state index is -4.40. The van der Waals surface area contributed by atoms with Gasteiger partial charge in [0.15, 0.2) is 0 Å². The average Bonchev–Trinajstić information content (AvgIpc) is 2.47. The van der Waals surface area contributed by atoms with Crippen molar-refractivity contribution in [2.75, 3.05) is 18.4 Å². The lowest BCUT2D eigenvalue weighted by molar-refractivity contribution is -0.137. The number of primary amides is 1. The zero-order valence-corrected chi connectivity index (χ0v) is 12.4. The summed E-state index contributed by atoms with van der Waals surface area (Å²) in [6.45, 7) is 0.981. The Labute approximate surface area is 131 Å². The summed E-state index contributed by atoms with van der Waals surface area (Å²) >= 11 is 0. The largest absolute Gasteiger partial charge is 0.416 e. The zero-order chi connectivity index (χ0) is 17.0. The summed E-state index contributed by atoms with van der Waals surface area (Å²) in [6.07, 6.45) is -2.72. The third-order valence-corrected chi connectivity index (χ3v) is 3.86. The van der Waals surface area contributed by atoms with E-state index in [9.17, 15) is 22.8 Å². The normalized spacial score (nSPS) is 16.2. The first kappa shape index (κ1) is 17.1. The van der Waals surface area contributed by atoms with E-state index in [0.29, 0.717) is 38.0 Å². The van der Waals surface area contributed by atoms with Gasteiger partial charge in [0.25, 0.3) is 0 Å². The predicted octanol–water partition coefficient (Wildman–Crippen LogP) is 2.82. The molecule has 1 aliphatic heterocycles. The summed E-state index contributed by atoms with van der Waals surface area (Å²) in [7, 11) is 0. The van der Waals surface area contributed by atoms with E-state index in [1.54, 1.807) is 4.90 Å². The number of piperidine rings is 1. The van der Waals surface area contributed by atoms with Crippen LogP contribution in [-0.2, 0) is 11.0 Å². The van der Waals surface area contributed by atoms with Gasteiger partial charge in [-0.3, -0.25) is 4.79 Å². The average molecular weight is 329 g/mol. The molecular weight excluding hydrogens is 311 g/mol. The molecular formula is C15H18F3N3O2. The first-order valence-corrected chi connectivity index (χ1v) is 7.27. The van der Waals surface area contributed by atoms with Gasteiger partial charge in [0.05, 0.1) is 5.56 Å². The fraction of sp³-hybridized carbons (Fsp3) is 0.467. The lowest BCUT2D eigenvalue weighted by atomic mass is 9.93. The molecule has 1 saturated heterocycles. The van der Waals surface area contributed by atoms with Crippen LogP contribution < -0.4 is 11.1 Å². The van der Waals surface area contributed by atoms with E-state index in [0.717, 1.165) is 12.1 Å². The molecule has 1 heterocycles. The van der Waals surface area contributed by atoms with Gasteiger partial charge in [-0.1, -0.05) is 0 Å². The Kier molecular flexibility index (Phi) is 5.12. The van der Waals surface area contributed by atoms with E-state index in [1.807, 2.05) is 0 Å². The maximum atomic E-state index is 12.5. The maximum absolute atomic E-state index is 12.5. The molecule has 0 aromatic heterocycles. The second-order valence-corrected chi connectivity index (χ2v) is 5.61. The minimum Gasteiger partial charge on any atom is -0.370 e. The Balaban J connectivity index is 1.87. The molecule has 1 fully saturated rings. The lowest BCUT2D eigenvalue weighted by Gasteiger charge is -2.31. The number of anilines is 1. The van der Waals surface area contributed by atoms with E-state index < -0.39 is 11.7 Å². The van der Waals surface area contributed by atoms with Crippen LogP contribution in [0.3, 0.4) is 0 Å². The van der Waals surface area contributed by atoms with Crippen molar-refractivity contribution in [2.24, 2.45) is 11.7 Å². The molecule has 0 unspecified atom stereocenters. The van der Waals surface area contributed by atoms with Crippen LogP contribution in [0.15, 0.2) is 24.3 Å². The number of likely N-dealkylation sites (tertiary alicyclic amines) is 1. The van der Waals surface area contributed by atoms with Crippen molar-refractivity contribution in [2.45, 2.75) is 25.4 Å². The van der Waals surface area contributed by atoms with Crippen molar-refractivity contribution in [3.8, 4) is 0 Å². The molecule has 2 rings (SSSR count). The second kappa shape index (κ2) is 6.89. The van der Waals surface area contributed by atoms with E-state index >= 15 is 0 Å². The molecule has 0 bridgehead atoms. The molecule has 1 aromatic rings. The Morgan fingerprint density at radius 3 is 2.22 bits per heavy atom. The second-order valence-electron chi connectivity index (χ2n) is 5.61. The number of urea groups is 1. The van der Waals surface area contributed by atoms with Gasteiger partial charge in [-0.25, -0.2) is 4.79 Å². The topological polar surface area (TPSA) is 75.4 Å². The Bertz CT molecular complexity index is 564. The molecule has 0 spiro atoms. The van der Waals surface area contributed by atoms with E-state index in [4.69, 9.17) is 5.73 Å². The molecule has 0 aliphatic carbocycles. The third kappa shape index (κ3) is 4.87. The smallest absolute Gasteiger partial charge is 0.370 e. The molecule has 126 valence electrons. The quantitative estimate of drug-likeness (QED) is 0.895. The van der Waals surface area contributed by atoms with Crippen molar-refractivity contribution in [3.63, 3.8) is 0 Å². The fourth-order valence-electron chi connectivity index (χ4n) is 2.57. The molecule has 1 aliphatic rings. The minimum absolute atomic E-state index is 0.183. The number of nitrogens with zero attached hydrogens (tertiary/aromatic N) is 1. The third-order valence-electron chi connectivity index (χ3n) is 3.86. The number of nitrogens with two attached hydrogens (primary N) is 1. The van der Waals surface area contributed by atoms with Gasteiger partial charge < -0.3 is 16.0 Å². The Morgan fingerprint density at radius 2 is 1.74 bits per heavy atom. The molecule has 0 saturated carbocycles. The van der Waals surface area contributed by atoms with E-state index in [2.05, 4.69) is 5.32 Å². The van der Waals surface area contributed by atoms with Crippen LogP contribution in [0, 0.1) is 5.92 Å². The van der Waals surface area contributed by atoms with Gasteiger partial charge in [0.1, 0.15) is 0 Å². The zero-order valence-electron chi connectivity index (χ0n) is 12.4. The molecule has 0 atom stereocenters. The standard InChI is InChI=1S/C15H18F3N3O2/c16-15(17,18)11-1-3-12(4-2-11)20-14(23)21-7-5-10(6-8-21)9-13(19)22/h1-4,10H,5-9H2,(H2,19,22)(H,20,23). The number of nitrogens with one attached hydrogen (secondary N) is 1. The van der Waals surface area contributed by atoms with E-state index in [-0.39, 0.29) is 17.9 Å². The van der Waals surface area contributed by atoms with Gasteiger partial charge in [0.2, 0.25) is 5.91 Å².